The number of rotatable bonds is 64. The molecule has 0 saturated heterocycles. The highest BCUT2D eigenvalue weighted by Crippen LogP contribution is 1.98. The van der Waals surface area contributed by atoms with Gasteiger partial charge in [0.15, 0.2) is 0 Å². The standard InChI is InChI=1S/C51H100N4O20/c56-48(57)46-54-50(60)52-16-1-18-62-20-3-22-64-24-5-26-66-28-7-30-68-32-9-34-70-36-11-38-72-40-13-42-74-44-15-45-75-43-14-41-73-39-12-37-71-35-10-33-69-31-8-29-67-27-6-25-65-23-4-21-63-19-2-17-53-51(61)55-47-49(58)59/h1-47H2,(H,56,57)(H,58,59)(H2,52,54,60)(H2,53,55,61). The Morgan fingerprint density at radius 2 is 0.347 bits per heavy atom. The van der Waals surface area contributed by atoms with Crippen LogP contribution in [0.4, 0.5) is 9.59 Å². The second-order valence-electron chi connectivity index (χ2n) is 16.9. The SMILES string of the molecule is O=C(O)CNC(=O)NCCCOCCCOCCCOCCCOCCCOCCCOCCCOCCCOCCCOCCCOCCCOCCCOCCCOCCCOCCCNC(=O)NCC(=O)O. The van der Waals surface area contributed by atoms with Gasteiger partial charge in [0.2, 0.25) is 0 Å². The lowest BCUT2D eigenvalue weighted by molar-refractivity contribution is -0.136. The van der Waals surface area contributed by atoms with Crippen LogP contribution < -0.4 is 21.3 Å². The fraction of sp³-hybridized carbons (Fsp3) is 0.922. The highest BCUT2D eigenvalue weighted by atomic mass is 16.5. The van der Waals surface area contributed by atoms with Gasteiger partial charge in [-0.2, -0.15) is 0 Å². The molecule has 0 atom stereocenters. The third-order valence-electron chi connectivity index (χ3n) is 9.81. The zero-order valence-electron chi connectivity index (χ0n) is 45.5. The van der Waals surface area contributed by atoms with E-state index in [4.69, 9.17) is 76.5 Å². The first-order chi connectivity index (χ1) is 36.9. The molecule has 0 saturated carbocycles. The van der Waals surface area contributed by atoms with Crippen molar-refractivity contribution in [1.29, 1.82) is 0 Å². The van der Waals surface area contributed by atoms with Crippen molar-refractivity contribution in [2.24, 2.45) is 0 Å². The number of carboxylic acids is 2. The fourth-order valence-electron chi connectivity index (χ4n) is 6.04. The van der Waals surface area contributed by atoms with Crippen LogP contribution in [-0.2, 0) is 75.9 Å². The van der Waals surface area contributed by atoms with Gasteiger partial charge in [0.1, 0.15) is 13.1 Å². The van der Waals surface area contributed by atoms with Crippen LogP contribution in [-0.4, -0.2) is 245 Å². The lowest BCUT2D eigenvalue weighted by Gasteiger charge is -2.08. The molecule has 0 aliphatic heterocycles. The summed E-state index contributed by atoms with van der Waals surface area (Å²) >= 11 is 0. The summed E-state index contributed by atoms with van der Waals surface area (Å²) in [5.41, 5.74) is 0. The van der Waals surface area contributed by atoms with Gasteiger partial charge in [0, 0.05) is 198 Å². The maximum atomic E-state index is 11.3. The largest absolute Gasteiger partial charge is 0.480 e. The van der Waals surface area contributed by atoms with E-state index in [1.54, 1.807) is 0 Å². The normalized spacial score (nSPS) is 11.3. The number of ether oxygens (including phenoxy) is 14. The second-order valence-corrected chi connectivity index (χ2v) is 16.9. The summed E-state index contributed by atoms with van der Waals surface area (Å²) in [5.74, 6) is -2.17. The maximum Gasteiger partial charge on any atom is 0.323 e. The Morgan fingerprint density at radius 3 is 0.480 bits per heavy atom. The van der Waals surface area contributed by atoms with Crippen LogP contribution in [0, 0.1) is 0 Å². The van der Waals surface area contributed by atoms with Gasteiger partial charge in [-0.15, -0.1) is 0 Å². The number of carbonyl (C=O) groups excluding carboxylic acids is 2. The van der Waals surface area contributed by atoms with Crippen molar-refractivity contribution in [2.75, 3.05) is 211 Å². The molecule has 24 nitrogen and oxygen atoms in total. The molecular weight excluding hydrogens is 989 g/mol. The maximum absolute atomic E-state index is 11.3. The number of hydrogen-bond acceptors (Lipinski definition) is 18. The molecule has 0 aliphatic rings. The van der Waals surface area contributed by atoms with E-state index >= 15 is 0 Å². The molecule has 4 amide bonds. The third-order valence-corrected chi connectivity index (χ3v) is 9.81. The van der Waals surface area contributed by atoms with Crippen molar-refractivity contribution in [3.8, 4) is 0 Å². The molecule has 0 aromatic rings. The van der Waals surface area contributed by atoms with Crippen LogP contribution in [0.15, 0.2) is 0 Å². The lowest BCUT2D eigenvalue weighted by atomic mass is 10.4. The summed E-state index contributed by atoms with van der Waals surface area (Å²) in [6.45, 7) is 18.2. The van der Waals surface area contributed by atoms with Gasteiger partial charge in [-0.25, -0.2) is 9.59 Å². The molecule has 0 fully saturated rings. The van der Waals surface area contributed by atoms with E-state index in [1.165, 1.54) is 0 Å². The molecule has 0 aromatic heterocycles. The third kappa shape index (κ3) is 67.0. The van der Waals surface area contributed by atoms with Gasteiger partial charge in [-0.3, -0.25) is 9.59 Å². The van der Waals surface area contributed by atoms with E-state index in [1.807, 2.05) is 0 Å². The van der Waals surface area contributed by atoms with Gasteiger partial charge >= 0.3 is 24.0 Å². The van der Waals surface area contributed by atoms with E-state index in [2.05, 4.69) is 21.3 Å². The fourth-order valence-corrected chi connectivity index (χ4v) is 6.04. The molecule has 444 valence electrons. The number of aliphatic carboxylic acids is 2. The molecule has 0 unspecified atom stereocenters. The number of carbonyl (C=O) groups is 4. The van der Waals surface area contributed by atoms with Gasteiger partial charge in [0.25, 0.3) is 0 Å². The molecule has 0 aliphatic carbocycles. The molecule has 0 rings (SSSR count). The molecule has 75 heavy (non-hydrogen) atoms. The minimum absolute atomic E-state index is 0.404. The van der Waals surface area contributed by atoms with Crippen LogP contribution in [0.1, 0.15) is 96.3 Å². The Morgan fingerprint density at radius 1 is 0.213 bits per heavy atom. The summed E-state index contributed by atoms with van der Waals surface area (Å²) in [7, 11) is 0. The molecule has 6 N–H and O–H groups in total. The predicted octanol–water partition coefficient (Wildman–Crippen LogP) is 3.84. The molecule has 0 aromatic carbocycles. The topological polar surface area (TPSA) is 286 Å². The Kier molecular flexibility index (Phi) is 60.8. The smallest absolute Gasteiger partial charge is 0.323 e. The van der Waals surface area contributed by atoms with Gasteiger partial charge in [0.05, 0.1) is 0 Å². The van der Waals surface area contributed by atoms with Crippen molar-refractivity contribution < 1.29 is 95.7 Å². The Bertz CT molecular complexity index is 1130. The zero-order valence-corrected chi connectivity index (χ0v) is 45.5. The first-order valence-electron chi connectivity index (χ1n) is 27.5. The predicted molar refractivity (Wildman–Crippen MR) is 279 cm³/mol. The number of carboxylic acid groups (broad SMARTS) is 2. The Hall–Kier alpha value is -3.08. The van der Waals surface area contributed by atoms with Crippen LogP contribution in [0.3, 0.4) is 0 Å². The monoisotopic (exact) mass is 1090 g/mol. The molecule has 0 heterocycles. The summed E-state index contributed by atoms with van der Waals surface area (Å²) in [6, 6.07) is -1.00. The molecular formula is C51H100N4O20. The minimum atomic E-state index is -1.09. The second kappa shape index (κ2) is 63.5. The van der Waals surface area contributed by atoms with Crippen molar-refractivity contribution in [3.05, 3.63) is 0 Å². The van der Waals surface area contributed by atoms with Crippen LogP contribution in [0.2, 0.25) is 0 Å². The molecule has 24 heteroatoms. The highest BCUT2D eigenvalue weighted by Gasteiger charge is 2.04. The van der Waals surface area contributed by atoms with E-state index in [9.17, 15) is 19.2 Å². The first kappa shape index (κ1) is 71.9. The average Bonchev–Trinajstić information content (AvgIpc) is 3.40. The van der Waals surface area contributed by atoms with Crippen molar-refractivity contribution in [2.45, 2.75) is 96.3 Å². The van der Waals surface area contributed by atoms with Gasteiger partial charge in [-0.05, 0) is 96.3 Å². The van der Waals surface area contributed by atoms with Gasteiger partial charge in [-0.1, -0.05) is 0 Å². The quantitative estimate of drug-likeness (QED) is 0.0472. The van der Waals surface area contributed by atoms with Crippen molar-refractivity contribution in [1.82, 2.24) is 21.3 Å². The summed E-state index contributed by atoms with van der Waals surface area (Å²) in [5, 5.41) is 26.6. The summed E-state index contributed by atoms with van der Waals surface area (Å²) < 4.78 is 78.8. The van der Waals surface area contributed by atoms with Crippen LogP contribution in [0.25, 0.3) is 0 Å². The summed E-state index contributed by atoms with van der Waals surface area (Å²) in [6.07, 6.45) is 12.3. The van der Waals surface area contributed by atoms with E-state index in [0.717, 1.165) is 83.5 Å². The van der Waals surface area contributed by atoms with E-state index < -0.39 is 37.1 Å². The zero-order chi connectivity index (χ0) is 54.3. The van der Waals surface area contributed by atoms with E-state index in [0.29, 0.717) is 211 Å². The molecule has 0 bridgehead atoms. The van der Waals surface area contributed by atoms with E-state index in [-0.39, 0.29) is 0 Å². The van der Waals surface area contributed by atoms with Gasteiger partial charge < -0.3 is 97.8 Å². The van der Waals surface area contributed by atoms with Crippen LogP contribution >= 0.6 is 0 Å². The molecule has 0 radical (unpaired) electrons. The van der Waals surface area contributed by atoms with Crippen molar-refractivity contribution >= 4 is 24.0 Å². The Balaban J connectivity index is 3.11. The highest BCUT2D eigenvalue weighted by molar-refractivity contribution is 5.80. The van der Waals surface area contributed by atoms with Crippen molar-refractivity contribution in [3.63, 3.8) is 0 Å². The number of amides is 4. The number of urea groups is 2. The number of nitrogens with one attached hydrogen (secondary N) is 4. The number of hydrogen-bond donors (Lipinski definition) is 6. The lowest BCUT2D eigenvalue weighted by Crippen LogP contribution is -2.39. The minimum Gasteiger partial charge on any atom is -0.480 e. The average molecular weight is 1090 g/mol. The first-order valence-corrected chi connectivity index (χ1v) is 27.5. The summed E-state index contributed by atoms with van der Waals surface area (Å²) in [4.78, 5) is 43.4. The molecule has 0 spiro atoms. The Labute approximate surface area is 447 Å². The van der Waals surface area contributed by atoms with Crippen LogP contribution in [0.5, 0.6) is 0 Å².